The molecule has 4 aliphatic heterocycles. The van der Waals surface area contributed by atoms with Gasteiger partial charge in [0.05, 0.1) is 41.1 Å². The van der Waals surface area contributed by atoms with E-state index in [4.69, 9.17) is 25.4 Å². The number of rotatable bonds is 14. The first kappa shape index (κ1) is 45.7. The number of aromatic nitrogens is 2. The van der Waals surface area contributed by atoms with Crippen LogP contribution in [0.3, 0.4) is 0 Å². The van der Waals surface area contributed by atoms with Crippen LogP contribution in [0.2, 0.25) is 5.02 Å². The van der Waals surface area contributed by atoms with Crippen molar-refractivity contribution in [1.82, 2.24) is 30.0 Å². The van der Waals surface area contributed by atoms with Crippen molar-refractivity contribution in [1.29, 1.82) is 0 Å². The number of fused-ring (bicyclic) bond motifs is 1. The highest BCUT2D eigenvalue weighted by molar-refractivity contribution is 7.62. The van der Waals surface area contributed by atoms with Crippen LogP contribution >= 0.6 is 19.2 Å². The molecule has 5 heterocycles. The molecular formula is C46H51ClN9O8P. The van der Waals surface area contributed by atoms with E-state index in [0.717, 1.165) is 75.7 Å². The fourth-order valence-electron chi connectivity index (χ4n) is 8.84. The molecule has 340 valence electrons. The Morgan fingerprint density at radius 2 is 1.65 bits per heavy atom. The first-order chi connectivity index (χ1) is 31.5. The van der Waals surface area contributed by atoms with Gasteiger partial charge in [-0.05, 0) is 68.6 Å². The molecule has 1 aromatic heterocycles. The van der Waals surface area contributed by atoms with Gasteiger partial charge in [0.15, 0.2) is 5.82 Å². The van der Waals surface area contributed by atoms with Crippen molar-refractivity contribution in [3.63, 3.8) is 0 Å². The van der Waals surface area contributed by atoms with Crippen LogP contribution in [0.15, 0.2) is 66.9 Å². The minimum atomic E-state index is -3.57. The van der Waals surface area contributed by atoms with Crippen LogP contribution in [-0.4, -0.2) is 128 Å². The predicted octanol–water partition coefficient (Wildman–Crippen LogP) is 5.56. The summed E-state index contributed by atoms with van der Waals surface area (Å²) in [6.45, 7) is 6.78. The normalized spacial score (nSPS) is 18.6. The monoisotopic (exact) mass is 923 g/mol. The molecule has 3 N–H and O–H groups in total. The van der Waals surface area contributed by atoms with Gasteiger partial charge in [-0.25, -0.2) is 4.98 Å². The van der Waals surface area contributed by atoms with Crippen molar-refractivity contribution in [2.75, 3.05) is 82.7 Å². The van der Waals surface area contributed by atoms with E-state index in [1.807, 2.05) is 12.1 Å². The summed E-state index contributed by atoms with van der Waals surface area (Å²) in [5.41, 5.74) is 3.15. The maximum atomic E-state index is 13.4. The van der Waals surface area contributed by atoms with Crippen LogP contribution in [0.4, 0.5) is 28.8 Å². The Labute approximate surface area is 382 Å². The van der Waals surface area contributed by atoms with Crippen LogP contribution in [-0.2, 0) is 23.2 Å². The zero-order valence-corrected chi connectivity index (χ0v) is 38.1. The Kier molecular flexibility index (Phi) is 14.1. The number of benzene rings is 3. The molecule has 19 heteroatoms. The first-order valence-corrected chi connectivity index (χ1v) is 23.5. The van der Waals surface area contributed by atoms with Gasteiger partial charge in [-0.2, -0.15) is 4.98 Å². The van der Waals surface area contributed by atoms with E-state index in [9.17, 15) is 23.7 Å². The number of nitrogens with zero attached hydrogens (tertiary/aromatic N) is 6. The molecule has 0 radical (unpaired) electrons. The topological polar surface area (TPSA) is 188 Å². The molecule has 3 saturated heterocycles. The zero-order chi connectivity index (χ0) is 45.7. The van der Waals surface area contributed by atoms with E-state index in [0.29, 0.717) is 46.3 Å². The van der Waals surface area contributed by atoms with Gasteiger partial charge in [0.1, 0.15) is 16.8 Å². The number of piperidine rings is 2. The van der Waals surface area contributed by atoms with Crippen LogP contribution < -0.4 is 30.9 Å². The van der Waals surface area contributed by atoms with E-state index in [-0.39, 0.29) is 34.9 Å². The summed E-state index contributed by atoms with van der Waals surface area (Å²) in [5, 5.41) is 9.24. The second kappa shape index (κ2) is 20.1. The molecule has 0 aliphatic carbocycles. The van der Waals surface area contributed by atoms with Crippen LogP contribution in [0.1, 0.15) is 64.8 Å². The molecule has 1 unspecified atom stereocenters. The lowest BCUT2D eigenvalue weighted by molar-refractivity contribution is -0.136. The molecular weight excluding hydrogens is 873 g/mol. The molecule has 3 aromatic carbocycles. The molecule has 65 heavy (non-hydrogen) atoms. The minimum Gasteiger partial charge on any atom is -0.494 e. The number of para-hydroxylation sites is 1. The second-order valence-corrected chi connectivity index (χ2v) is 18.7. The fourth-order valence-corrected chi connectivity index (χ4v) is 10.2. The van der Waals surface area contributed by atoms with Crippen LogP contribution in [0.25, 0.3) is 0 Å². The van der Waals surface area contributed by atoms with Gasteiger partial charge in [-0.15, -0.1) is 0 Å². The van der Waals surface area contributed by atoms with Crippen molar-refractivity contribution < 1.29 is 37.5 Å². The lowest BCUT2D eigenvalue weighted by Gasteiger charge is -2.43. The number of carbonyl (C=O) groups excluding carboxylic acids is 4. The van der Waals surface area contributed by atoms with Crippen molar-refractivity contribution in [2.24, 2.45) is 0 Å². The van der Waals surface area contributed by atoms with Gasteiger partial charge in [-0.1, -0.05) is 41.6 Å². The highest BCUT2D eigenvalue weighted by Crippen LogP contribution is 2.47. The number of methoxy groups -OCH3 is 1. The number of carbonyl (C=O) groups is 4. The lowest BCUT2D eigenvalue weighted by Crippen LogP contribution is -2.54. The van der Waals surface area contributed by atoms with Crippen LogP contribution in [0.5, 0.6) is 5.75 Å². The summed E-state index contributed by atoms with van der Waals surface area (Å²) in [7, 11) is 0.719. The number of imide groups is 2. The van der Waals surface area contributed by atoms with E-state index in [2.05, 4.69) is 58.5 Å². The van der Waals surface area contributed by atoms with Gasteiger partial charge in [0.25, 0.3) is 11.8 Å². The van der Waals surface area contributed by atoms with E-state index >= 15 is 0 Å². The fraction of sp³-hybridized carbons (Fsp3) is 0.391. The average molecular weight is 924 g/mol. The number of unbranched alkanes of at least 4 members (excludes halogenated alkanes) is 1. The summed E-state index contributed by atoms with van der Waals surface area (Å²) < 4.78 is 29.5. The number of anilines is 5. The van der Waals surface area contributed by atoms with Gasteiger partial charge in [0.2, 0.25) is 17.8 Å². The third kappa shape index (κ3) is 9.89. The minimum absolute atomic E-state index is 0.0714. The second-order valence-electron chi connectivity index (χ2n) is 16.1. The van der Waals surface area contributed by atoms with E-state index in [1.54, 1.807) is 49.6 Å². The van der Waals surface area contributed by atoms with E-state index in [1.165, 1.54) is 20.4 Å². The molecule has 4 amide bonds. The zero-order valence-electron chi connectivity index (χ0n) is 36.5. The first-order valence-electron chi connectivity index (χ1n) is 21.6. The highest BCUT2D eigenvalue weighted by Gasteiger charge is 2.45. The summed E-state index contributed by atoms with van der Waals surface area (Å²) in [6, 6.07) is 17.5. The molecule has 3 fully saturated rings. The summed E-state index contributed by atoms with van der Waals surface area (Å²) in [6.07, 6.45) is 5.30. The molecule has 0 saturated carbocycles. The summed E-state index contributed by atoms with van der Waals surface area (Å²) >= 11 is 6.49. The smallest absolute Gasteiger partial charge is 0.362 e. The van der Waals surface area contributed by atoms with E-state index < -0.39 is 37.3 Å². The number of halogens is 1. The van der Waals surface area contributed by atoms with Gasteiger partial charge in [0, 0.05) is 89.7 Å². The average Bonchev–Trinajstić information content (AvgIpc) is 3.58. The molecule has 17 nitrogen and oxygen atoms in total. The predicted molar refractivity (Wildman–Crippen MR) is 247 cm³/mol. The standard InChI is InChI=1S/C46H51ClN9O8P/c1-62-38-28-32(15-16-35(38)50-46-48-29-34(47)42(52-46)49-36-13-6-7-14-39(36)65(61,63-2)64-3)54-22-19-31(20-23-54)55-26-24-53(25-27-55)21-8-4-5-10-30-11-9-12-33-41(30)45(60)56(44(33)59)37-17-18-40(57)51-43(37)58/h6-7,9,11-16,28-29,31,37H,4,8,17-27H2,1-3H3,(H,51,57,58)(H2,48,49,50,52). The SMILES string of the molecule is COc1cc(N2CCC(N3CCN(CCCC#Cc4cccc5c4C(=O)N(C4CCC(=O)NC4=O)C5=O)CC3)CC2)ccc1Nc1ncc(Cl)c(Nc2ccccc2P(=O)(OC)OC)n1. The maximum absolute atomic E-state index is 13.4. The van der Waals surface area contributed by atoms with Gasteiger partial charge < -0.3 is 34.2 Å². The van der Waals surface area contributed by atoms with Crippen molar-refractivity contribution in [3.8, 4) is 17.6 Å². The lowest BCUT2D eigenvalue weighted by atomic mass is 10.0. The van der Waals surface area contributed by atoms with Crippen LogP contribution in [0, 0.1) is 11.8 Å². The number of piperazine rings is 1. The Balaban J connectivity index is 0.793. The van der Waals surface area contributed by atoms with Crippen molar-refractivity contribution in [2.45, 2.75) is 50.6 Å². The molecule has 4 aliphatic rings. The number of amides is 4. The summed E-state index contributed by atoms with van der Waals surface area (Å²) in [5.74, 6) is 5.41. The molecule has 1 atom stereocenters. The molecule has 0 bridgehead atoms. The Morgan fingerprint density at radius 1 is 0.877 bits per heavy atom. The maximum Gasteiger partial charge on any atom is 0.362 e. The molecule has 0 spiro atoms. The van der Waals surface area contributed by atoms with Gasteiger partial charge >= 0.3 is 7.60 Å². The third-order valence-corrected chi connectivity index (χ3v) is 14.5. The largest absolute Gasteiger partial charge is 0.494 e. The quantitative estimate of drug-likeness (QED) is 0.0618. The third-order valence-electron chi connectivity index (χ3n) is 12.3. The Bertz CT molecular complexity index is 2580. The molecule has 8 rings (SSSR count). The summed E-state index contributed by atoms with van der Waals surface area (Å²) in [4.78, 5) is 68.1. The Morgan fingerprint density at radius 3 is 2.38 bits per heavy atom. The molecule has 4 aromatic rings. The highest BCUT2D eigenvalue weighted by atomic mass is 35.5. The number of hydrogen-bond donors (Lipinski definition) is 3. The Hall–Kier alpha value is -5.86. The number of hydrogen-bond acceptors (Lipinski definition) is 15. The number of nitrogens with one attached hydrogen (secondary N) is 3. The van der Waals surface area contributed by atoms with Crippen molar-refractivity contribution >= 4 is 77.0 Å². The van der Waals surface area contributed by atoms with Crippen molar-refractivity contribution in [3.05, 3.63) is 88.6 Å². The number of ether oxygens (including phenoxy) is 1. The van der Waals surface area contributed by atoms with Gasteiger partial charge in [-0.3, -0.25) is 38.9 Å².